The molecule has 0 rings (SSSR count). The number of hydrogen-bond acceptors (Lipinski definition) is 3. The fraction of sp³-hybridized carbons (Fsp3) is 0.750. The summed E-state index contributed by atoms with van der Waals surface area (Å²) < 4.78 is 4.56. The highest BCUT2D eigenvalue weighted by Crippen LogP contribution is 2.06. The van der Waals surface area contributed by atoms with Crippen molar-refractivity contribution in [2.45, 2.75) is 26.7 Å². The van der Waals surface area contributed by atoms with E-state index in [1.807, 2.05) is 13.8 Å². The van der Waals surface area contributed by atoms with Crippen LogP contribution in [0.25, 0.3) is 0 Å². The van der Waals surface area contributed by atoms with Gasteiger partial charge >= 0.3 is 5.97 Å². The lowest BCUT2D eigenvalue weighted by Gasteiger charge is -2.05. The van der Waals surface area contributed by atoms with E-state index in [-0.39, 0.29) is 12.6 Å². The summed E-state index contributed by atoms with van der Waals surface area (Å²) in [6.07, 6.45) is 1.94. The Morgan fingerprint density at radius 2 is 2.27 bits per heavy atom. The summed E-state index contributed by atoms with van der Waals surface area (Å²) in [5.74, 6) is 0.0561. The molecule has 0 saturated carbocycles. The first-order valence-corrected chi connectivity index (χ1v) is 3.80. The van der Waals surface area contributed by atoms with Gasteiger partial charge < -0.3 is 4.74 Å². The SMILES string of the molecule is CCC(C)CC(=O)OCC=O. The number of esters is 1. The van der Waals surface area contributed by atoms with Gasteiger partial charge in [0.05, 0.1) is 0 Å². The van der Waals surface area contributed by atoms with Gasteiger partial charge in [-0.05, 0) is 5.92 Å². The van der Waals surface area contributed by atoms with Crippen molar-refractivity contribution in [3.8, 4) is 0 Å². The van der Waals surface area contributed by atoms with Crippen LogP contribution >= 0.6 is 0 Å². The smallest absolute Gasteiger partial charge is 0.306 e. The van der Waals surface area contributed by atoms with Crippen molar-refractivity contribution >= 4 is 12.3 Å². The van der Waals surface area contributed by atoms with Crippen molar-refractivity contribution in [1.82, 2.24) is 0 Å². The molecule has 3 heteroatoms. The number of carbonyl (C=O) groups is 2. The average Bonchev–Trinajstić information content (AvgIpc) is 2.00. The first-order valence-electron chi connectivity index (χ1n) is 3.80. The number of carbonyl (C=O) groups excluding carboxylic acids is 2. The lowest BCUT2D eigenvalue weighted by atomic mass is 10.1. The summed E-state index contributed by atoms with van der Waals surface area (Å²) in [6, 6.07) is 0. The Kier molecular flexibility index (Phi) is 5.43. The highest BCUT2D eigenvalue weighted by Gasteiger charge is 2.07. The molecule has 0 aromatic heterocycles. The van der Waals surface area contributed by atoms with Gasteiger partial charge in [0.2, 0.25) is 0 Å². The second-order valence-corrected chi connectivity index (χ2v) is 2.57. The molecule has 11 heavy (non-hydrogen) atoms. The van der Waals surface area contributed by atoms with Gasteiger partial charge in [-0.2, -0.15) is 0 Å². The van der Waals surface area contributed by atoms with E-state index in [4.69, 9.17) is 0 Å². The van der Waals surface area contributed by atoms with Gasteiger partial charge in [-0.15, -0.1) is 0 Å². The molecule has 3 nitrogen and oxygen atoms in total. The molecule has 0 radical (unpaired) electrons. The Labute approximate surface area is 66.7 Å². The third kappa shape index (κ3) is 5.58. The van der Waals surface area contributed by atoms with Crippen LogP contribution in [0.2, 0.25) is 0 Å². The van der Waals surface area contributed by atoms with E-state index in [0.29, 0.717) is 18.6 Å². The molecule has 1 atom stereocenters. The van der Waals surface area contributed by atoms with Gasteiger partial charge in [0.1, 0.15) is 6.61 Å². The molecule has 0 saturated heterocycles. The molecule has 0 heterocycles. The van der Waals surface area contributed by atoms with Crippen molar-refractivity contribution in [2.24, 2.45) is 5.92 Å². The highest BCUT2D eigenvalue weighted by molar-refractivity contribution is 5.71. The van der Waals surface area contributed by atoms with Crippen molar-refractivity contribution in [3.63, 3.8) is 0 Å². The Hall–Kier alpha value is -0.860. The molecule has 0 aliphatic carbocycles. The summed E-state index contributed by atoms with van der Waals surface area (Å²) in [5, 5.41) is 0. The largest absolute Gasteiger partial charge is 0.458 e. The Morgan fingerprint density at radius 3 is 2.73 bits per heavy atom. The molecule has 1 unspecified atom stereocenters. The monoisotopic (exact) mass is 158 g/mol. The molecule has 0 aromatic carbocycles. The zero-order valence-corrected chi connectivity index (χ0v) is 7.00. The van der Waals surface area contributed by atoms with E-state index in [9.17, 15) is 9.59 Å². The molecule has 0 aliphatic rings. The molecule has 0 aromatic rings. The minimum atomic E-state index is -0.286. The zero-order chi connectivity index (χ0) is 8.69. The van der Waals surface area contributed by atoms with Gasteiger partial charge in [0.25, 0.3) is 0 Å². The van der Waals surface area contributed by atoms with E-state index in [1.54, 1.807) is 0 Å². The zero-order valence-electron chi connectivity index (χ0n) is 7.00. The molecule has 0 amide bonds. The van der Waals surface area contributed by atoms with E-state index >= 15 is 0 Å². The summed E-state index contributed by atoms with van der Waals surface area (Å²) in [4.78, 5) is 20.6. The maximum absolute atomic E-state index is 10.8. The quantitative estimate of drug-likeness (QED) is 0.445. The third-order valence-electron chi connectivity index (χ3n) is 1.52. The first-order chi connectivity index (χ1) is 5.20. The standard InChI is InChI=1S/C8H14O3/c1-3-7(2)6-8(10)11-5-4-9/h4,7H,3,5-6H2,1-2H3. The molecular weight excluding hydrogens is 144 g/mol. The van der Waals surface area contributed by atoms with Crippen molar-refractivity contribution in [3.05, 3.63) is 0 Å². The van der Waals surface area contributed by atoms with Crippen LogP contribution in [0.1, 0.15) is 26.7 Å². The van der Waals surface area contributed by atoms with E-state index in [0.717, 1.165) is 6.42 Å². The topological polar surface area (TPSA) is 43.4 Å². The van der Waals surface area contributed by atoms with Crippen LogP contribution in [-0.2, 0) is 14.3 Å². The second kappa shape index (κ2) is 5.89. The minimum Gasteiger partial charge on any atom is -0.458 e. The molecule has 64 valence electrons. The fourth-order valence-corrected chi connectivity index (χ4v) is 0.615. The van der Waals surface area contributed by atoms with Crippen LogP contribution in [0, 0.1) is 5.92 Å². The van der Waals surface area contributed by atoms with Crippen LogP contribution in [0.5, 0.6) is 0 Å². The van der Waals surface area contributed by atoms with Crippen molar-refractivity contribution in [1.29, 1.82) is 0 Å². The van der Waals surface area contributed by atoms with Crippen molar-refractivity contribution < 1.29 is 14.3 Å². The van der Waals surface area contributed by atoms with Crippen LogP contribution in [0.3, 0.4) is 0 Å². The van der Waals surface area contributed by atoms with Crippen LogP contribution in [-0.4, -0.2) is 18.9 Å². The Bertz CT molecular complexity index is 131. The number of ether oxygens (including phenoxy) is 1. The summed E-state index contributed by atoms with van der Waals surface area (Å²) in [5.41, 5.74) is 0. The lowest BCUT2D eigenvalue weighted by Crippen LogP contribution is -2.10. The summed E-state index contributed by atoms with van der Waals surface area (Å²) in [7, 11) is 0. The maximum atomic E-state index is 10.8. The van der Waals surface area contributed by atoms with Crippen LogP contribution < -0.4 is 0 Å². The third-order valence-corrected chi connectivity index (χ3v) is 1.52. The normalized spacial score (nSPS) is 12.2. The summed E-state index contributed by atoms with van der Waals surface area (Å²) >= 11 is 0. The van der Waals surface area contributed by atoms with Crippen LogP contribution in [0.15, 0.2) is 0 Å². The van der Waals surface area contributed by atoms with Gasteiger partial charge in [-0.3, -0.25) is 9.59 Å². The minimum absolute atomic E-state index is 0.116. The number of rotatable bonds is 5. The first kappa shape index (κ1) is 10.1. The Balaban J connectivity index is 3.43. The molecule has 0 bridgehead atoms. The van der Waals surface area contributed by atoms with Gasteiger partial charge in [-0.25, -0.2) is 0 Å². The van der Waals surface area contributed by atoms with Gasteiger partial charge in [0.15, 0.2) is 6.29 Å². The number of aldehydes is 1. The fourth-order valence-electron chi connectivity index (χ4n) is 0.615. The molecule has 0 fully saturated rings. The predicted molar refractivity (Wildman–Crippen MR) is 41.1 cm³/mol. The van der Waals surface area contributed by atoms with E-state index in [1.165, 1.54) is 0 Å². The average molecular weight is 158 g/mol. The van der Waals surface area contributed by atoms with Crippen molar-refractivity contribution in [2.75, 3.05) is 6.61 Å². The lowest BCUT2D eigenvalue weighted by molar-refractivity contribution is -0.146. The molecular formula is C8H14O3. The molecule has 0 N–H and O–H groups in total. The van der Waals surface area contributed by atoms with Crippen LogP contribution in [0.4, 0.5) is 0 Å². The van der Waals surface area contributed by atoms with Gasteiger partial charge in [-0.1, -0.05) is 20.3 Å². The Morgan fingerprint density at radius 1 is 1.64 bits per heavy atom. The number of hydrogen-bond donors (Lipinski definition) is 0. The van der Waals surface area contributed by atoms with Gasteiger partial charge in [0, 0.05) is 6.42 Å². The van der Waals surface area contributed by atoms with E-state index in [2.05, 4.69) is 4.74 Å². The molecule has 0 aliphatic heterocycles. The summed E-state index contributed by atoms with van der Waals surface area (Å²) in [6.45, 7) is 3.87. The van der Waals surface area contributed by atoms with E-state index < -0.39 is 0 Å². The predicted octanol–water partition coefficient (Wildman–Crippen LogP) is 1.16. The molecule has 0 spiro atoms. The maximum Gasteiger partial charge on any atom is 0.306 e. The second-order valence-electron chi connectivity index (χ2n) is 2.57. The highest BCUT2D eigenvalue weighted by atomic mass is 16.5.